The van der Waals surface area contributed by atoms with Gasteiger partial charge in [-0.15, -0.1) is 0 Å². The summed E-state index contributed by atoms with van der Waals surface area (Å²) in [5, 5.41) is 28.8. The van der Waals surface area contributed by atoms with E-state index in [1.165, 1.54) is 0 Å². The molecule has 3 aromatic rings. The van der Waals surface area contributed by atoms with Crippen LogP contribution < -0.4 is 0 Å². The van der Waals surface area contributed by atoms with Crippen molar-refractivity contribution in [2.75, 3.05) is 7.05 Å². The second-order valence-corrected chi connectivity index (χ2v) is 8.58. The van der Waals surface area contributed by atoms with Gasteiger partial charge in [-0.05, 0) is 80.1 Å². The molecule has 0 heterocycles. The Morgan fingerprint density at radius 1 is 0.545 bits per heavy atom. The molecule has 0 fully saturated rings. The molecule has 168 valence electrons. The van der Waals surface area contributed by atoms with Crippen molar-refractivity contribution in [3.8, 4) is 0 Å². The first kappa shape index (κ1) is 23.7. The zero-order valence-electron chi connectivity index (χ0n) is 19.6. The van der Waals surface area contributed by atoms with E-state index in [1.807, 2.05) is 72.8 Å². The van der Waals surface area contributed by atoms with E-state index in [9.17, 15) is 0 Å². The van der Waals surface area contributed by atoms with Crippen molar-refractivity contribution in [2.24, 2.45) is 35.8 Å². The number of nitrogens with one attached hydrogen (secondary N) is 1. The Kier molecular flexibility index (Phi) is 7.27. The molecule has 0 saturated heterocycles. The summed E-state index contributed by atoms with van der Waals surface area (Å²) in [7, 11) is 1.63. The van der Waals surface area contributed by atoms with Crippen molar-refractivity contribution >= 4 is 28.4 Å². The van der Waals surface area contributed by atoms with Crippen LogP contribution in [-0.2, 0) is 5.41 Å². The summed E-state index contributed by atoms with van der Waals surface area (Å²) in [6, 6.07) is 22.5. The first-order chi connectivity index (χ1) is 15.7. The normalized spacial score (nSPS) is 12.8. The van der Waals surface area contributed by atoms with Gasteiger partial charge >= 0.3 is 0 Å². The molecular formula is C25H28N8. The van der Waals surface area contributed by atoms with Gasteiger partial charge in [0.05, 0.1) is 34.0 Å². The molecule has 0 radical (unpaired) electrons. The fraction of sp³-hybridized carbons (Fsp3) is 0.280. The van der Waals surface area contributed by atoms with Gasteiger partial charge < -0.3 is 0 Å². The fourth-order valence-electron chi connectivity index (χ4n) is 3.02. The third-order valence-electron chi connectivity index (χ3n) is 5.86. The molecule has 0 bridgehead atoms. The van der Waals surface area contributed by atoms with E-state index in [0.717, 1.165) is 28.3 Å². The zero-order chi connectivity index (χ0) is 23.9. The van der Waals surface area contributed by atoms with Gasteiger partial charge in [0.1, 0.15) is 0 Å². The minimum absolute atomic E-state index is 0.279. The van der Waals surface area contributed by atoms with Gasteiger partial charge in [-0.1, -0.05) is 26.0 Å². The molecule has 3 aromatic carbocycles. The second kappa shape index (κ2) is 10.1. The second-order valence-electron chi connectivity index (χ2n) is 8.58. The van der Waals surface area contributed by atoms with Gasteiger partial charge in [0.15, 0.2) is 0 Å². The van der Waals surface area contributed by atoms with E-state index in [0.29, 0.717) is 5.69 Å². The molecule has 0 aliphatic heterocycles. The lowest BCUT2D eigenvalue weighted by atomic mass is 9.70. The smallest absolute Gasteiger partial charge is 0.0858 e. The number of nitrogens with zero attached hydrogens (tertiary/aromatic N) is 7. The van der Waals surface area contributed by atoms with Crippen LogP contribution in [0.2, 0.25) is 0 Å². The van der Waals surface area contributed by atoms with E-state index >= 15 is 0 Å². The van der Waals surface area contributed by atoms with E-state index in [-0.39, 0.29) is 5.41 Å². The van der Waals surface area contributed by atoms with Crippen molar-refractivity contribution in [1.29, 1.82) is 5.53 Å². The number of hydrogen-bond donors (Lipinski definition) is 1. The standard InChI is InChI=1S/C25H28N8/c1-24(2,18-6-8-19(28-26)9-7-18)25(3,4)33-32-23-16-14-22(15-17-23)31-30-21-12-10-20(11-13-21)29-27-5/h6-17,26H,1-5H3. The predicted molar refractivity (Wildman–Crippen MR) is 130 cm³/mol. The van der Waals surface area contributed by atoms with Crippen LogP contribution in [0.15, 0.2) is 109 Å². The first-order valence-electron chi connectivity index (χ1n) is 10.6. The molecular weight excluding hydrogens is 412 g/mol. The maximum atomic E-state index is 7.13. The molecule has 0 aromatic heterocycles. The lowest BCUT2D eigenvalue weighted by Crippen LogP contribution is -2.40. The fourth-order valence-corrected chi connectivity index (χ4v) is 3.02. The number of hydrogen-bond acceptors (Lipinski definition) is 8. The topological polar surface area (TPSA) is 110 Å². The summed E-state index contributed by atoms with van der Waals surface area (Å²) < 4.78 is 0. The third-order valence-corrected chi connectivity index (χ3v) is 5.86. The van der Waals surface area contributed by atoms with E-state index in [2.05, 4.69) is 63.5 Å². The van der Waals surface area contributed by atoms with Crippen LogP contribution in [-0.4, -0.2) is 12.6 Å². The first-order valence-corrected chi connectivity index (χ1v) is 10.6. The maximum absolute atomic E-state index is 7.13. The van der Waals surface area contributed by atoms with Crippen molar-refractivity contribution in [3.63, 3.8) is 0 Å². The largest absolute Gasteiger partial charge is 0.204 e. The summed E-state index contributed by atoms with van der Waals surface area (Å²) in [5.74, 6) is 0. The molecule has 0 aliphatic carbocycles. The lowest BCUT2D eigenvalue weighted by molar-refractivity contribution is 0.297. The van der Waals surface area contributed by atoms with Crippen molar-refractivity contribution in [3.05, 3.63) is 78.4 Å². The Morgan fingerprint density at radius 3 is 1.36 bits per heavy atom. The highest BCUT2D eigenvalue weighted by molar-refractivity contribution is 5.49. The molecule has 0 unspecified atom stereocenters. The summed E-state index contributed by atoms with van der Waals surface area (Å²) >= 11 is 0. The van der Waals surface area contributed by atoms with Gasteiger partial charge in [-0.2, -0.15) is 35.8 Å². The van der Waals surface area contributed by atoms with Crippen LogP contribution in [0.25, 0.3) is 0 Å². The third kappa shape index (κ3) is 5.85. The zero-order valence-corrected chi connectivity index (χ0v) is 19.6. The summed E-state index contributed by atoms with van der Waals surface area (Å²) in [6.07, 6.45) is 0. The van der Waals surface area contributed by atoms with Crippen LogP contribution in [0.4, 0.5) is 28.4 Å². The Hall–Kier alpha value is -3.94. The molecule has 0 amide bonds. The van der Waals surface area contributed by atoms with Crippen LogP contribution in [0.5, 0.6) is 0 Å². The molecule has 1 N–H and O–H groups in total. The van der Waals surface area contributed by atoms with Gasteiger partial charge in [0, 0.05) is 12.5 Å². The quantitative estimate of drug-likeness (QED) is 0.336. The van der Waals surface area contributed by atoms with E-state index in [1.54, 1.807) is 7.05 Å². The average Bonchev–Trinajstić information content (AvgIpc) is 2.83. The molecule has 0 atom stereocenters. The van der Waals surface area contributed by atoms with Gasteiger partial charge in [0.2, 0.25) is 0 Å². The minimum atomic E-state index is -0.464. The highest BCUT2D eigenvalue weighted by Gasteiger charge is 2.38. The van der Waals surface area contributed by atoms with Gasteiger partial charge in [-0.25, -0.2) is 5.53 Å². The molecule has 33 heavy (non-hydrogen) atoms. The highest BCUT2D eigenvalue weighted by Crippen LogP contribution is 2.39. The average molecular weight is 441 g/mol. The molecule has 0 aliphatic rings. The van der Waals surface area contributed by atoms with Crippen LogP contribution in [0, 0.1) is 5.53 Å². The lowest BCUT2D eigenvalue weighted by Gasteiger charge is -2.38. The SMILES string of the molecule is CN=Nc1ccc(N=Nc2ccc(N=NC(C)(C)C(C)(C)c3ccc(N=N)cc3)cc2)cc1. The van der Waals surface area contributed by atoms with E-state index in [4.69, 9.17) is 5.53 Å². The number of rotatable bonds is 8. The predicted octanol–water partition coefficient (Wildman–Crippen LogP) is 9.32. The van der Waals surface area contributed by atoms with Crippen LogP contribution in [0.1, 0.15) is 33.3 Å². The Morgan fingerprint density at radius 2 is 0.939 bits per heavy atom. The Bertz CT molecular complexity index is 1160. The number of azo groups is 3. The van der Waals surface area contributed by atoms with Crippen molar-refractivity contribution < 1.29 is 0 Å². The Labute approximate surface area is 194 Å². The monoisotopic (exact) mass is 440 g/mol. The molecule has 0 spiro atoms. The van der Waals surface area contributed by atoms with Gasteiger partial charge in [-0.3, -0.25) is 0 Å². The number of benzene rings is 3. The molecule has 8 nitrogen and oxygen atoms in total. The summed E-state index contributed by atoms with van der Waals surface area (Å²) in [6.45, 7) is 8.41. The van der Waals surface area contributed by atoms with Crippen molar-refractivity contribution in [1.82, 2.24) is 0 Å². The van der Waals surface area contributed by atoms with E-state index < -0.39 is 5.54 Å². The summed E-state index contributed by atoms with van der Waals surface area (Å²) in [4.78, 5) is 0. The van der Waals surface area contributed by atoms with Gasteiger partial charge in [0.25, 0.3) is 0 Å². The van der Waals surface area contributed by atoms with Crippen LogP contribution >= 0.6 is 0 Å². The highest BCUT2D eigenvalue weighted by atomic mass is 15.2. The molecule has 8 heteroatoms. The Balaban J connectivity index is 1.69. The summed E-state index contributed by atoms with van der Waals surface area (Å²) in [5.41, 5.74) is 11.1. The van der Waals surface area contributed by atoms with Crippen LogP contribution in [0.3, 0.4) is 0 Å². The molecule has 0 saturated carbocycles. The maximum Gasteiger partial charge on any atom is 0.0858 e. The molecule has 3 rings (SSSR count). The van der Waals surface area contributed by atoms with Crippen molar-refractivity contribution in [2.45, 2.75) is 38.6 Å². The minimum Gasteiger partial charge on any atom is -0.204 e.